The second kappa shape index (κ2) is 6.46. The fraction of sp³-hybridized carbons (Fsp3) is 0.650. The molecule has 0 spiro atoms. The summed E-state index contributed by atoms with van der Waals surface area (Å²) in [7, 11) is 0. The summed E-state index contributed by atoms with van der Waals surface area (Å²) in [5, 5.41) is 4.28. The molecule has 0 aromatic carbocycles. The molecule has 0 radical (unpaired) electrons. The highest BCUT2D eigenvalue weighted by Gasteiger charge is 2.40. The normalized spacial score (nSPS) is 21.4. The van der Waals surface area contributed by atoms with Gasteiger partial charge in [-0.05, 0) is 38.2 Å². The maximum atomic E-state index is 13.7. The Kier molecular flexibility index (Phi) is 4.43. The molecule has 1 aliphatic heterocycles. The van der Waals surface area contributed by atoms with Crippen molar-refractivity contribution < 1.29 is 18.0 Å². The molecule has 2 aliphatic rings. The number of carbonyl (C=O) groups is 1. The Morgan fingerprint density at radius 3 is 2.43 bits per heavy atom. The molecule has 2 fully saturated rings. The third-order valence-electron chi connectivity index (χ3n) is 5.56. The van der Waals surface area contributed by atoms with Crippen LogP contribution in [0.4, 0.5) is 13.2 Å². The molecule has 0 N–H and O–H groups in total. The van der Waals surface area contributed by atoms with Gasteiger partial charge in [-0.1, -0.05) is 20.8 Å². The van der Waals surface area contributed by atoms with Crippen molar-refractivity contribution in [2.24, 2.45) is 5.92 Å². The second-order valence-electron chi connectivity index (χ2n) is 8.93. The lowest BCUT2D eigenvalue weighted by Gasteiger charge is -2.35. The van der Waals surface area contributed by atoms with Crippen molar-refractivity contribution >= 4 is 11.6 Å². The molecule has 0 bridgehead atoms. The minimum atomic E-state index is -4.54. The summed E-state index contributed by atoms with van der Waals surface area (Å²) in [6.07, 6.45) is -0.164. The Morgan fingerprint density at radius 2 is 1.82 bits per heavy atom. The van der Waals surface area contributed by atoms with Crippen molar-refractivity contribution in [3.8, 4) is 0 Å². The number of aromatic nitrogens is 3. The molecule has 2 aromatic heterocycles. The summed E-state index contributed by atoms with van der Waals surface area (Å²) in [5.74, 6) is 0.190. The molecule has 1 amide bonds. The Bertz CT molecular complexity index is 909. The Labute approximate surface area is 161 Å². The smallest absolute Gasteiger partial charge is 0.334 e. The fourth-order valence-electron chi connectivity index (χ4n) is 3.81. The lowest BCUT2D eigenvalue weighted by atomic mass is 9.91. The molecule has 8 heteroatoms. The van der Waals surface area contributed by atoms with Crippen LogP contribution in [-0.4, -0.2) is 31.9 Å². The van der Waals surface area contributed by atoms with Crippen molar-refractivity contribution in [2.45, 2.75) is 70.5 Å². The van der Waals surface area contributed by atoms with Crippen molar-refractivity contribution in [1.29, 1.82) is 0 Å². The van der Waals surface area contributed by atoms with E-state index in [-0.39, 0.29) is 23.5 Å². The van der Waals surface area contributed by atoms with E-state index in [1.54, 1.807) is 6.07 Å². The molecule has 4 rings (SSSR count). The first kappa shape index (κ1) is 19.2. The van der Waals surface area contributed by atoms with Gasteiger partial charge in [-0.3, -0.25) is 4.79 Å². The topological polar surface area (TPSA) is 50.5 Å². The molecule has 3 heterocycles. The van der Waals surface area contributed by atoms with Gasteiger partial charge in [0.1, 0.15) is 5.69 Å². The van der Waals surface area contributed by atoms with Gasteiger partial charge in [0.05, 0.1) is 17.4 Å². The molecule has 2 aromatic rings. The first-order valence-electron chi connectivity index (χ1n) is 9.84. The molecule has 152 valence electrons. The highest BCUT2D eigenvalue weighted by molar-refractivity contribution is 5.81. The molecule has 5 nitrogen and oxygen atoms in total. The van der Waals surface area contributed by atoms with Crippen molar-refractivity contribution in [2.75, 3.05) is 6.54 Å². The van der Waals surface area contributed by atoms with E-state index in [2.05, 4.69) is 10.1 Å². The predicted molar refractivity (Wildman–Crippen MR) is 97.7 cm³/mol. The molecular weight excluding hydrogens is 369 g/mol. The fourth-order valence-corrected chi connectivity index (χ4v) is 3.81. The number of carbonyl (C=O) groups excluding carboxylic acids is 1. The number of fused-ring (bicyclic) bond motifs is 1. The van der Waals surface area contributed by atoms with Gasteiger partial charge < -0.3 is 4.90 Å². The lowest BCUT2D eigenvalue weighted by molar-refractivity contribution is -0.143. The quantitative estimate of drug-likeness (QED) is 0.753. The third kappa shape index (κ3) is 3.49. The monoisotopic (exact) mass is 394 g/mol. The van der Waals surface area contributed by atoms with Gasteiger partial charge >= 0.3 is 6.18 Å². The molecule has 1 atom stereocenters. The van der Waals surface area contributed by atoms with Gasteiger partial charge in [0.2, 0.25) is 5.91 Å². The van der Waals surface area contributed by atoms with Crippen molar-refractivity contribution in [3.63, 3.8) is 0 Å². The first-order valence-corrected chi connectivity index (χ1v) is 9.84. The summed E-state index contributed by atoms with van der Waals surface area (Å²) in [5.41, 5.74) is -0.305. The van der Waals surface area contributed by atoms with Crippen LogP contribution in [0.25, 0.3) is 5.65 Å². The number of alkyl halides is 3. The highest BCUT2D eigenvalue weighted by atomic mass is 19.4. The van der Waals surface area contributed by atoms with Crippen LogP contribution in [0.5, 0.6) is 0 Å². The Morgan fingerprint density at radius 1 is 1.11 bits per heavy atom. The Hall–Kier alpha value is -2.12. The van der Waals surface area contributed by atoms with E-state index in [0.717, 1.165) is 42.7 Å². The predicted octanol–water partition coefficient (Wildman–Crippen LogP) is 4.51. The van der Waals surface area contributed by atoms with Crippen LogP contribution >= 0.6 is 0 Å². The number of amides is 1. The zero-order valence-corrected chi connectivity index (χ0v) is 16.4. The van der Waals surface area contributed by atoms with E-state index in [1.807, 2.05) is 25.7 Å². The van der Waals surface area contributed by atoms with Gasteiger partial charge in [-0.15, -0.1) is 0 Å². The Balaban J connectivity index is 1.80. The molecule has 1 aliphatic carbocycles. The second-order valence-corrected chi connectivity index (χ2v) is 8.93. The van der Waals surface area contributed by atoms with Crippen molar-refractivity contribution in [3.05, 3.63) is 29.2 Å². The highest BCUT2D eigenvalue weighted by Crippen LogP contribution is 2.39. The van der Waals surface area contributed by atoms with E-state index in [0.29, 0.717) is 17.9 Å². The molecule has 0 unspecified atom stereocenters. The summed E-state index contributed by atoms with van der Waals surface area (Å²) in [6, 6.07) is 2.42. The summed E-state index contributed by atoms with van der Waals surface area (Å²) < 4.78 is 42.0. The largest absolute Gasteiger partial charge is 0.433 e. The zero-order valence-electron chi connectivity index (χ0n) is 16.4. The van der Waals surface area contributed by atoms with Crippen LogP contribution in [0.3, 0.4) is 0 Å². The first-order chi connectivity index (χ1) is 13.1. The van der Waals surface area contributed by atoms with E-state index in [9.17, 15) is 18.0 Å². The number of piperidine rings is 1. The lowest BCUT2D eigenvalue weighted by Crippen LogP contribution is -2.39. The van der Waals surface area contributed by atoms with Crippen LogP contribution < -0.4 is 0 Å². The van der Waals surface area contributed by atoms with E-state index >= 15 is 0 Å². The molecular formula is C20H25F3N4O. The standard InChI is InChI=1S/C20H25F3N4O/c1-19(2,3)15-11-16(20(21,22)23)27-17(24-15)10-13(25-27)14-6-4-5-9-26(14)18(28)12-7-8-12/h10-12,14H,4-9H2,1-3H3/t14-/m1/s1. The maximum Gasteiger partial charge on any atom is 0.433 e. The minimum Gasteiger partial charge on any atom is -0.334 e. The van der Waals surface area contributed by atoms with Gasteiger partial charge in [0.15, 0.2) is 5.65 Å². The third-order valence-corrected chi connectivity index (χ3v) is 5.56. The number of hydrogen-bond donors (Lipinski definition) is 0. The van der Waals surface area contributed by atoms with Crippen LogP contribution in [0.15, 0.2) is 12.1 Å². The molecule has 28 heavy (non-hydrogen) atoms. The average Bonchev–Trinajstić information content (AvgIpc) is 3.37. The number of nitrogens with zero attached hydrogens (tertiary/aromatic N) is 4. The molecule has 1 saturated carbocycles. The maximum absolute atomic E-state index is 13.7. The minimum absolute atomic E-state index is 0.0778. The summed E-state index contributed by atoms with van der Waals surface area (Å²) in [6.45, 7) is 6.14. The number of halogens is 3. The van der Waals surface area contributed by atoms with Gasteiger partial charge in [0.25, 0.3) is 0 Å². The van der Waals surface area contributed by atoms with E-state index < -0.39 is 17.3 Å². The average molecular weight is 394 g/mol. The number of likely N-dealkylation sites (tertiary alicyclic amines) is 1. The van der Waals surface area contributed by atoms with E-state index in [4.69, 9.17) is 0 Å². The SMILES string of the molecule is CC(C)(C)c1cc(C(F)(F)F)n2nc([C@H]3CCCCN3C(=O)C3CC3)cc2n1. The van der Waals surface area contributed by atoms with Crippen LogP contribution in [-0.2, 0) is 16.4 Å². The van der Waals surface area contributed by atoms with Crippen LogP contribution in [0.1, 0.15) is 76.0 Å². The summed E-state index contributed by atoms with van der Waals surface area (Å²) in [4.78, 5) is 18.9. The number of hydrogen-bond acceptors (Lipinski definition) is 3. The zero-order chi connectivity index (χ0) is 20.3. The van der Waals surface area contributed by atoms with Crippen LogP contribution in [0.2, 0.25) is 0 Å². The van der Waals surface area contributed by atoms with Crippen molar-refractivity contribution in [1.82, 2.24) is 19.5 Å². The summed E-state index contributed by atoms with van der Waals surface area (Å²) >= 11 is 0. The van der Waals surface area contributed by atoms with Crippen LogP contribution in [0, 0.1) is 5.92 Å². The van der Waals surface area contributed by atoms with E-state index in [1.165, 1.54) is 0 Å². The number of rotatable bonds is 2. The van der Waals surface area contributed by atoms with Gasteiger partial charge in [0, 0.05) is 23.9 Å². The van der Waals surface area contributed by atoms with Gasteiger partial charge in [-0.2, -0.15) is 18.3 Å². The molecule has 1 saturated heterocycles. The van der Waals surface area contributed by atoms with Gasteiger partial charge in [-0.25, -0.2) is 9.50 Å².